The molecule has 1 rings (SSSR count). The van der Waals surface area contributed by atoms with Gasteiger partial charge in [-0.05, 0) is 42.6 Å². The van der Waals surface area contributed by atoms with Crippen molar-refractivity contribution in [3.05, 3.63) is 24.3 Å². The fourth-order valence-corrected chi connectivity index (χ4v) is 3.07. The molecule has 0 bridgehead atoms. The highest BCUT2D eigenvalue weighted by Gasteiger charge is 2.20. The minimum absolute atomic E-state index is 0.0311. The van der Waals surface area contributed by atoms with E-state index in [-0.39, 0.29) is 11.2 Å². The number of benzene rings is 1. The first kappa shape index (κ1) is 18.0. The molecule has 0 aliphatic carbocycles. The van der Waals surface area contributed by atoms with Crippen molar-refractivity contribution in [3.63, 3.8) is 0 Å². The standard InChI is InChI=1S/C16H28N2O2S/c1-5-11-18(13-16(3,4)12-17)14-7-9-15(10-8-14)21(19,20)6-2/h7-10H,5-6,11-13,17H2,1-4H3. The van der Waals surface area contributed by atoms with Gasteiger partial charge >= 0.3 is 0 Å². The van der Waals surface area contributed by atoms with Crippen LogP contribution in [0.3, 0.4) is 0 Å². The fourth-order valence-electron chi connectivity index (χ4n) is 2.18. The van der Waals surface area contributed by atoms with Gasteiger partial charge in [-0.2, -0.15) is 0 Å². The SMILES string of the molecule is CCCN(CC(C)(C)CN)c1ccc(S(=O)(=O)CC)cc1. The van der Waals surface area contributed by atoms with E-state index in [4.69, 9.17) is 5.73 Å². The molecule has 21 heavy (non-hydrogen) atoms. The van der Waals surface area contributed by atoms with E-state index in [1.165, 1.54) is 0 Å². The van der Waals surface area contributed by atoms with Crippen LogP contribution in [0.2, 0.25) is 0 Å². The Morgan fingerprint density at radius 3 is 2.14 bits per heavy atom. The van der Waals surface area contributed by atoms with Gasteiger partial charge in [0.2, 0.25) is 0 Å². The zero-order chi connectivity index (χ0) is 16.1. The lowest BCUT2D eigenvalue weighted by Gasteiger charge is -2.33. The maximum absolute atomic E-state index is 11.9. The molecule has 0 atom stereocenters. The van der Waals surface area contributed by atoms with E-state index in [0.29, 0.717) is 11.4 Å². The van der Waals surface area contributed by atoms with E-state index in [0.717, 1.165) is 25.2 Å². The first-order valence-electron chi connectivity index (χ1n) is 7.53. The van der Waals surface area contributed by atoms with E-state index in [1.54, 1.807) is 19.1 Å². The summed E-state index contributed by atoms with van der Waals surface area (Å²) in [5.41, 5.74) is 6.90. The van der Waals surface area contributed by atoms with Crippen LogP contribution in [-0.4, -0.2) is 33.8 Å². The van der Waals surface area contributed by atoms with Crippen molar-refractivity contribution in [1.82, 2.24) is 0 Å². The molecule has 1 aromatic rings. The van der Waals surface area contributed by atoms with Crippen molar-refractivity contribution < 1.29 is 8.42 Å². The van der Waals surface area contributed by atoms with Crippen LogP contribution >= 0.6 is 0 Å². The second kappa shape index (κ2) is 7.27. The number of hydrogen-bond donors (Lipinski definition) is 1. The summed E-state index contributed by atoms with van der Waals surface area (Å²) in [7, 11) is -3.13. The summed E-state index contributed by atoms with van der Waals surface area (Å²) in [5.74, 6) is 0.130. The monoisotopic (exact) mass is 312 g/mol. The molecule has 0 fully saturated rings. The van der Waals surface area contributed by atoms with Crippen LogP contribution < -0.4 is 10.6 Å². The van der Waals surface area contributed by atoms with Crippen molar-refractivity contribution in [2.24, 2.45) is 11.1 Å². The summed E-state index contributed by atoms with van der Waals surface area (Å²) in [6.45, 7) is 10.5. The van der Waals surface area contributed by atoms with Crippen LogP contribution in [0.1, 0.15) is 34.1 Å². The Kier molecular flexibility index (Phi) is 6.23. The number of nitrogens with two attached hydrogens (primary N) is 1. The lowest BCUT2D eigenvalue weighted by molar-refractivity contribution is 0.377. The quantitative estimate of drug-likeness (QED) is 0.801. The molecular formula is C16H28N2O2S. The molecule has 120 valence electrons. The highest BCUT2D eigenvalue weighted by Crippen LogP contribution is 2.23. The highest BCUT2D eigenvalue weighted by atomic mass is 32.2. The lowest BCUT2D eigenvalue weighted by Crippen LogP contribution is -2.39. The van der Waals surface area contributed by atoms with Gasteiger partial charge in [0.1, 0.15) is 0 Å². The van der Waals surface area contributed by atoms with Crippen LogP contribution in [0.5, 0.6) is 0 Å². The number of hydrogen-bond acceptors (Lipinski definition) is 4. The van der Waals surface area contributed by atoms with E-state index >= 15 is 0 Å². The zero-order valence-corrected chi connectivity index (χ0v) is 14.4. The minimum Gasteiger partial charge on any atom is -0.371 e. The summed E-state index contributed by atoms with van der Waals surface area (Å²) >= 11 is 0. The molecule has 1 aromatic carbocycles. The Balaban J connectivity index is 3.00. The average molecular weight is 312 g/mol. The molecule has 4 nitrogen and oxygen atoms in total. The first-order valence-corrected chi connectivity index (χ1v) is 9.19. The van der Waals surface area contributed by atoms with E-state index in [2.05, 4.69) is 25.7 Å². The summed E-state index contributed by atoms with van der Waals surface area (Å²) in [4.78, 5) is 2.66. The van der Waals surface area contributed by atoms with Gasteiger partial charge in [0.15, 0.2) is 9.84 Å². The summed E-state index contributed by atoms with van der Waals surface area (Å²) in [5, 5.41) is 0. The van der Waals surface area contributed by atoms with Gasteiger partial charge in [0.05, 0.1) is 10.6 Å². The molecule has 0 unspecified atom stereocenters. The Labute approximate surface area is 129 Å². The maximum atomic E-state index is 11.9. The molecule has 0 saturated heterocycles. The molecule has 0 spiro atoms. The van der Waals surface area contributed by atoms with E-state index < -0.39 is 9.84 Å². The van der Waals surface area contributed by atoms with Crippen molar-refractivity contribution in [3.8, 4) is 0 Å². The predicted octanol–water partition coefficient (Wildman–Crippen LogP) is 2.68. The van der Waals surface area contributed by atoms with Crippen molar-refractivity contribution in [2.75, 3.05) is 30.3 Å². The molecule has 0 radical (unpaired) electrons. The van der Waals surface area contributed by atoms with Gasteiger partial charge in [-0.15, -0.1) is 0 Å². The Hall–Kier alpha value is -1.07. The Morgan fingerprint density at radius 2 is 1.71 bits per heavy atom. The fraction of sp³-hybridized carbons (Fsp3) is 0.625. The van der Waals surface area contributed by atoms with Gasteiger partial charge in [-0.3, -0.25) is 0 Å². The molecular weight excluding hydrogens is 284 g/mol. The van der Waals surface area contributed by atoms with E-state index in [9.17, 15) is 8.42 Å². The van der Waals surface area contributed by atoms with Gasteiger partial charge in [-0.25, -0.2) is 8.42 Å². The number of nitrogens with zero attached hydrogens (tertiary/aromatic N) is 1. The van der Waals surface area contributed by atoms with Crippen LogP contribution in [0.25, 0.3) is 0 Å². The average Bonchev–Trinajstić information content (AvgIpc) is 2.47. The first-order chi connectivity index (χ1) is 9.75. The molecule has 0 aromatic heterocycles. The summed E-state index contributed by atoms with van der Waals surface area (Å²) in [6, 6.07) is 7.19. The molecule has 0 saturated carbocycles. The molecule has 2 N–H and O–H groups in total. The Bertz CT molecular complexity index is 536. The van der Waals surface area contributed by atoms with E-state index in [1.807, 2.05) is 12.1 Å². The lowest BCUT2D eigenvalue weighted by atomic mass is 9.93. The topological polar surface area (TPSA) is 63.4 Å². The molecule has 0 amide bonds. The third kappa shape index (κ3) is 5.00. The van der Waals surface area contributed by atoms with Crippen LogP contribution in [0.15, 0.2) is 29.2 Å². The molecule has 5 heteroatoms. The normalized spacial score (nSPS) is 12.4. The van der Waals surface area contributed by atoms with Gasteiger partial charge in [-0.1, -0.05) is 27.7 Å². The second-order valence-corrected chi connectivity index (χ2v) is 8.47. The molecule has 0 aliphatic rings. The number of sulfone groups is 1. The summed E-state index contributed by atoms with van der Waals surface area (Å²) < 4.78 is 23.7. The number of rotatable bonds is 8. The van der Waals surface area contributed by atoms with Gasteiger partial charge in [0.25, 0.3) is 0 Å². The largest absolute Gasteiger partial charge is 0.371 e. The third-order valence-electron chi connectivity index (χ3n) is 3.61. The van der Waals surface area contributed by atoms with Crippen LogP contribution in [-0.2, 0) is 9.84 Å². The zero-order valence-electron chi connectivity index (χ0n) is 13.6. The maximum Gasteiger partial charge on any atom is 0.178 e. The molecule has 0 heterocycles. The van der Waals surface area contributed by atoms with Gasteiger partial charge in [0, 0.05) is 18.8 Å². The smallest absolute Gasteiger partial charge is 0.178 e. The van der Waals surface area contributed by atoms with Gasteiger partial charge < -0.3 is 10.6 Å². The predicted molar refractivity (Wildman–Crippen MR) is 89.5 cm³/mol. The van der Waals surface area contributed by atoms with Crippen molar-refractivity contribution >= 4 is 15.5 Å². The third-order valence-corrected chi connectivity index (χ3v) is 5.36. The Morgan fingerprint density at radius 1 is 1.14 bits per heavy atom. The molecule has 0 aliphatic heterocycles. The minimum atomic E-state index is -3.13. The highest BCUT2D eigenvalue weighted by molar-refractivity contribution is 7.91. The van der Waals surface area contributed by atoms with Crippen molar-refractivity contribution in [1.29, 1.82) is 0 Å². The number of anilines is 1. The second-order valence-electron chi connectivity index (χ2n) is 6.19. The van der Waals surface area contributed by atoms with Crippen molar-refractivity contribution in [2.45, 2.75) is 39.0 Å². The van der Waals surface area contributed by atoms with Crippen LogP contribution in [0, 0.1) is 5.41 Å². The van der Waals surface area contributed by atoms with Crippen LogP contribution in [0.4, 0.5) is 5.69 Å². The summed E-state index contributed by atoms with van der Waals surface area (Å²) in [6.07, 6.45) is 1.04.